The quantitative estimate of drug-likeness (QED) is 0.284. The zero-order valence-corrected chi connectivity index (χ0v) is 19.9. The van der Waals surface area contributed by atoms with E-state index in [9.17, 15) is 9.59 Å². The third-order valence-electron chi connectivity index (χ3n) is 6.26. The topological polar surface area (TPSA) is 61.8 Å². The van der Waals surface area contributed by atoms with Crippen LogP contribution in [-0.2, 0) is 32.3 Å². The van der Waals surface area contributed by atoms with Crippen LogP contribution in [0.15, 0.2) is 91.0 Å². The van der Waals surface area contributed by atoms with Crippen molar-refractivity contribution in [2.45, 2.75) is 32.5 Å². The Kier molecular flexibility index (Phi) is 8.34. The zero-order valence-electron chi connectivity index (χ0n) is 19.9. The first-order chi connectivity index (χ1) is 17.2. The molecule has 3 aromatic carbocycles. The van der Waals surface area contributed by atoms with E-state index in [0.717, 1.165) is 35.1 Å². The van der Waals surface area contributed by atoms with Crippen molar-refractivity contribution in [1.29, 1.82) is 0 Å². The standard InChI is InChI=1S/C30H30O5/c1-33-27-19-11-10-17-25(27)24-16-8-9-18-26(24)28(29(31)34-20-22-12-4-2-5-13-22)30(32)35-21-23-14-6-3-7-15-23/h2-7,10-17,19,26,28H,8-9,18,20-21H2,1H3. The van der Waals surface area contributed by atoms with Crippen LogP contribution in [0.1, 0.15) is 36.0 Å². The van der Waals surface area contributed by atoms with E-state index in [2.05, 4.69) is 6.08 Å². The summed E-state index contributed by atoms with van der Waals surface area (Å²) >= 11 is 0. The Morgan fingerprint density at radius 3 is 1.91 bits per heavy atom. The van der Waals surface area contributed by atoms with Gasteiger partial charge in [0.05, 0.1) is 7.11 Å². The molecule has 0 heterocycles. The summed E-state index contributed by atoms with van der Waals surface area (Å²) in [7, 11) is 1.62. The number of carbonyl (C=O) groups is 2. The van der Waals surface area contributed by atoms with Crippen LogP contribution < -0.4 is 4.74 Å². The second kappa shape index (κ2) is 12.0. The van der Waals surface area contributed by atoms with Gasteiger partial charge in [-0.15, -0.1) is 0 Å². The average Bonchev–Trinajstić information content (AvgIpc) is 2.92. The Hall–Kier alpha value is -3.86. The van der Waals surface area contributed by atoms with Crippen molar-refractivity contribution in [2.75, 3.05) is 7.11 Å². The fraction of sp³-hybridized carbons (Fsp3) is 0.267. The number of hydrogen-bond donors (Lipinski definition) is 0. The van der Waals surface area contributed by atoms with E-state index in [1.165, 1.54) is 0 Å². The molecule has 1 unspecified atom stereocenters. The van der Waals surface area contributed by atoms with Gasteiger partial charge in [-0.25, -0.2) is 0 Å². The number of esters is 2. The number of rotatable bonds is 9. The van der Waals surface area contributed by atoms with E-state index in [1.807, 2.05) is 84.9 Å². The first-order valence-corrected chi connectivity index (χ1v) is 11.9. The van der Waals surface area contributed by atoms with Crippen molar-refractivity contribution in [3.63, 3.8) is 0 Å². The summed E-state index contributed by atoms with van der Waals surface area (Å²) in [6.45, 7) is 0.200. The molecule has 3 aromatic rings. The summed E-state index contributed by atoms with van der Waals surface area (Å²) in [6.07, 6.45) is 4.52. The summed E-state index contributed by atoms with van der Waals surface area (Å²) in [6, 6.07) is 26.6. The molecule has 0 saturated heterocycles. The van der Waals surface area contributed by atoms with Gasteiger partial charge >= 0.3 is 11.9 Å². The van der Waals surface area contributed by atoms with Crippen LogP contribution in [0.3, 0.4) is 0 Å². The largest absolute Gasteiger partial charge is 0.496 e. The molecule has 5 heteroatoms. The van der Waals surface area contributed by atoms with E-state index in [-0.39, 0.29) is 19.1 Å². The van der Waals surface area contributed by atoms with E-state index in [4.69, 9.17) is 14.2 Å². The first-order valence-electron chi connectivity index (χ1n) is 11.9. The van der Waals surface area contributed by atoms with E-state index in [1.54, 1.807) is 7.11 Å². The predicted octanol–water partition coefficient (Wildman–Crippen LogP) is 5.98. The van der Waals surface area contributed by atoms with Gasteiger partial charge in [0.15, 0.2) is 5.92 Å². The average molecular weight is 471 g/mol. The molecule has 0 radical (unpaired) electrons. The highest BCUT2D eigenvalue weighted by Crippen LogP contribution is 2.41. The van der Waals surface area contributed by atoms with Gasteiger partial charge in [-0.1, -0.05) is 84.9 Å². The van der Waals surface area contributed by atoms with Crippen LogP contribution in [-0.4, -0.2) is 19.0 Å². The van der Waals surface area contributed by atoms with Gasteiger partial charge in [-0.2, -0.15) is 0 Å². The summed E-state index contributed by atoms with van der Waals surface area (Å²) in [5, 5.41) is 0. The fourth-order valence-corrected chi connectivity index (χ4v) is 4.50. The minimum absolute atomic E-state index is 0.0998. The first kappa shape index (κ1) is 24.3. The molecule has 180 valence electrons. The molecule has 4 rings (SSSR count). The zero-order chi connectivity index (χ0) is 24.5. The van der Waals surface area contributed by atoms with Crippen molar-refractivity contribution in [1.82, 2.24) is 0 Å². The van der Waals surface area contributed by atoms with Gasteiger partial charge in [-0.05, 0) is 42.0 Å². The Balaban J connectivity index is 1.61. The van der Waals surface area contributed by atoms with E-state index >= 15 is 0 Å². The van der Waals surface area contributed by atoms with Crippen LogP contribution >= 0.6 is 0 Å². The third kappa shape index (κ3) is 6.18. The molecule has 0 amide bonds. The summed E-state index contributed by atoms with van der Waals surface area (Å²) in [4.78, 5) is 26.8. The van der Waals surface area contributed by atoms with Crippen LogP contribution in [0.25, 0.3) is 5.57 Å². The normalized spacial score (nSPS) is 15.3. The lowest BCUT2D eigenvalue weighted by molar-refractivity contribution is -0.165. The summed E-state index contributed by atoms with van der Waals surface area (Å²) in [5.41, 5.74) is 3.53. The van der Waals surface area contributed by atoms with Gasteiger partial charge in [-0.3, -0.25) is 9.59 Å². The molecule has 0 bridgehead atoms. The lowest BCUT2D eigenvalue weighted by Crippen LogP contribution is -2.36. The molecule has 35 heavy (non-hydrogen) atoms. The second-order valence-electron chi connectivity index (χ2n) is 8.56. The molecular formula is C30H30O5. The number of para-hydroxylation sites is 1. The number of benzene rings is 3. The smallest absolute Gasteiger partial charge is 0.321 e. The Labute approximate surface area is 206 Å². The lowest BCUT2D eigenvalue weighted by Gasteiger charge is -2.30. The minimum atomic E-state index is -1.07. The summed E-state index contributed by atoms with van der Waals surface area (Å²) < 4.78 is 16.9. The number of carbonyl (C=O) groups excluding carboxylic acids is 2. The maximum Gasteiger partial charge on any atom is 0.321 e. The fourth-order valence-electron chi connectivity index (χ4n) is 4.50. The Morgan fingerprint density at radius 1 is 0.800 bits per heavy atom. The Bertz CT molecular complexity index is 1100. The predicted molar refractivity (Wildman–Crippen MR) is 134 cm³/mol. The van der Waals surface area contributed by atoms with Crippen molar-refractivity contribution in [3.8, 4) is 5.75 Å². The molecule has 1 aliphatic carbocycles. The number of ether oxygens (including phenoxy) is 3. The number of hydrogen-bond acceptors (Lipinski definition) is 5. The van der Waals surface area contributed by atoms with Crippen molar-refractivity contribution >= 4 is 17.5 Å². The van der Waals surface area contributed by atoms with Crippen molar-refractivity contribution < 1.29 is 23.8 Å². The molecule has 0 saturated carbocycles. The maximum absolute atomic E-state index is 13.4. The van der Waals surface area contributed by atoms with Gasteiger partial charge < -0.3 is 14.2 Å². The number of methoxy groups -OCH3 is 1. The third-order valence-corrected chi connectivity index (χ3v) is 6.26. The highest BCUT2D eigenvalue weighted by molar-refractivity contribution is 5.98. The van der Waals surface area contributed by atoms with Crippen LogP contribution in [0.2, 0.25) is 0 Å². The van der Waals surface area contributed by atoms with Gasteiger partial charge in [0.25, 0.3) is 0 Å². The van der Waals surface area contributed by atoms with E-state index in [0.29, 0.717) is 12.2 Å². The molecule has 5 nitrogen and oxygen atoms in total. The second-order valence-corrected chi connectivity index (χ2v) is 8.56. The molecule has 0 fully saturated rings. The van der Waals surface area contributed by atoms with Crippen LogP contribution in [0.4, 0.5) is 0 Å². The molecule has 1 aliphatic rings. The lowest BCUT2D eigenvalue weighted by atomic mass is 9.75. The van der Waals surface area contributed by atoms with Gasteiger partial charge in [0, 0.05) is 11.5 Å². The van der Waals surface area contributed by atoms with E-state index < -0.39 is 17.9 Å². The monoisotopic (exact) mass is 470 g/mol. The minimum Gasteiger partial charge on any atom is -0.496 e. The van der Waals surface area contributed by atoms with Gasteiger partial charge in [0.2, 0.25) is 0 Å². The molecular weight excluding hydrogens is 440 g/mol. The summed E-state index contributed by atoms with van der Waals surface area (Å²) in [5.74, 6) is -1.87. The molecule has 0 N–H and O–H groups in total. The highest BCUT2D eigenvalue weighted by Gasteiger charge is 2.41. The van der Waals surface area contributed by atoms with Crippen LogP contribution in [0, 0.1) is 11.8 Å². The van der Waals surface area contributed by atoms with Crippen LogP contribution in [0.5, 0.6) is 5.75 Å². The highest BCUT2D eigenvalue weighted by atomic mass is 16.6. The molecule has 0 aliphatic heterocycles. The van der Waals surface area contributed by atoms with Crippen molar-refractivity contribution in [2.24, 2.45) is 11.8 Å². The SMILES string of the molecule is COc1ccccc1C1=CCCCC1C(C(=O)OCc1ccccc1)C(=O)OCc1ccccc1. The number of allylic oxidation sites excluding steroid dienone is 2. The van der Waals surface area contributed by atoms with Crippen molar-refractivity contribution in [3.05, 3.63) is 108 Å². The molecule has 0 aromatic heterocycles. The molecule has 1 atom stereocenters. The molecule has 0 spiro atoms. The van der Waals surface area contributed by atoms with Gasteiger partial charge in [0.1, 0.15) is 19.0 Å². The maximum atomic E-state index is 13.4. The Morgan fingerprint density at radius 2 is 1.34 bits per heavy atom.